The Morgan fingerprint density at radius 2 is 1.35 bits per heavy atom. The van der Waals surface area contributed by atoms with Gasteiger partial charge in [-0.1, -0.05) is 19.3 Å². The van der Waals surface area contributed by atoms with E-state index in [1.807, 2.05) is 5.32 Å². The Labute approximate surface area is 173 Å². The van der Waals surface area contributed by atoms with E-state index in [2.05, 4.69) is 5.32 Å². The van der Waals surface area contributed by atoms with E-state index in [1.54, 1.807) is 0 Å². The quantitative estimate of drug-likeness (QED) is 0.578. The molecule has 31 heavy (non-hydrogen) atoms. The second-order valence-electron chi connectivity index (χ2n) is 7.32. The number of amides is 2. The fourth-order valence-electron chi connectivity index (χ4n) is 3.50. The summed E-state index contributed by atoms with van der Waals surface area (Å²) in [5, 5.41) is 4.39. The molecule has 0 aliphatic heterocycles. The van der Waals surface area contributed by atoms with Gasteiger partial charge in [0.1, 0.15) is 23.0 Å². The highest BCUT2D eigenvalue weighted by Gasteiger charge is 2.32. The van der Waals surface area contributed by atoms with Gasteiger partial charge in [0.2, 0.25) is 5.91 Å². The second kappa shape index (κ2) is 8.99. The molecular weight excluding hydrogens is 426 g/mol. The summed E-state index contributed by atoms with van der Waals surface area (Å²) in [5.41, 5.74) is -2.99. The predicted molar refractivity (Wildman–Crippen MR) is 101 cm³/mol. The number of rotatable bonds is 4. The average molecular weight is 444 g/mol. The molecule has 0 unspecified atom stereocenters. The van der Waals surface area contributed by atoms with Gasteiger partial charge in [-0.15, -0.1) is 0 Å². The predicted octanol–water partition coefficient (Wildman–Crippen LogP) is 5.89. The Bertz CT molecular complexity index is 977. The van der Waals surface area contributed by atoms with Crippen molar-refractivity contribution in [1.29, 1.82) is 0 Å². The highest BCUT2D eigenvalue weighted by molar-refractivity contribution is 6.05. The Kier molecular flexibility index (Phi) is 6.56. The van der Waals surface area contributed by atoms with Crippen LogP contribution in [-0.2, 0) is 11.0 Å². The molecule has 4 nitrogen and oxygen atoms in total. The lowest BCUT2D eigenvalue weighted by atomic mass is 9.88. The van der Waals surface area contributed by atoms with Gasteiger partial charge in [-0.3, -0.25) is 9.59 Å². The van der Waals surface area contributed by atoms with E-state index < -0.39 is 52.3 Å². The lowest BCUT2D eigenvalue weighted by Crippen LogP contribution is -2.25. The first-order valence-electron chi connectivity index (χ1n) is 9.53. The lowest BCUT2D eigenvalue weighted by Gasteiger charge is -2.21. The molecule has 0 radical (unpaired) electrons. The zero-order chi connectivity index (χ0) is 22.8. The lowest BCUT2D eigenvalue weighted by molar-refractivity contribution is -0.137. The van der Waals surface area contributed by atoms with Crippen LogP contribution in [0.1, 0.15) is 48.0 Å². The van der Waals surface area contributed by atoms with Gasteiger partial charge in [-0.25, -0.2) is 13.2 Å². The molecule has 2 aromatic carbocycles. The molecule has 2 N–H and O–H groups in total. The molecule has 0 heterocycles. The first kappa shape index (κ1) is 22.6. The Morgan fingerprint density at radius 3 is 1.90 bits per heavy atom. The van der Waals surface area contributed by atoms with E-state index in [1.165, 1.54) is 0 Å². The molecule has 2 aromatic rings. The number of alkyl halides is 3. The van der Waals surface area contributed by atoms with E-state index in [4.69, 9.17) is 0 Å². The van der Waals surface area contributed by atoms with Crippen LogP contribution in [-0.4, -0.2) is 11.8 Å². The van der Waals surface area contributed by atoms with Gasteiger partial charge in [0.05, 0.1) is 5.56 Å². The van der Waals surface area contributed by atoms with Crippen LogP contribution in [0.2, 0.25) is 0 Å². The van der Waals surface area contributed by atoms with Crippen LogP contribution in [0.3, 0.4) is 0 Å². The van der Waals surface area contributed by atoms with E-state index in [9.17, 15) is 35.9 Å². The normalized spacial score (nSPS) is 14.9. The molecular formula is C21H18F6N2O2. The smallest absolute Gasteiger partial charge is 0.326 e. The molecule has 3 rings (SSSR count). The van der Waals surface area contributed by atoms with Crippen molar-refractivity contribution >= 4 is 23.2 Å². The van der Waals surface area contributed by atoms with Gasteiger partial charge >= 0.3 is 6.18 Å². The van der Waals surface area contributed by atoms with Crippen molar-refractivity contribution in [3.8, 4) is 0 Å². The Morgan fingerprint density at radius 1 is 0.806 bits per heavy atom. The monoisotopic (exact) mass is 444 g/mol. The third kappa shape index (κ3) is 5.56. The van der Waals surface area contributed by atoms with Crippen molar-refractivity contribution < 1.29 is 35.9 Å². The van der Waals surface area contributed by atoms with Gasteiger partial charge in [-0.05, 0) is 31.0 Å². The van der Waals surface area contributed by atoms with Crippen LogP contribution in [0.5, 0.6) is 0 Å². The summed E-state index contributed by atoms with van der Waals surface area (Å²) in [6.07, 6.45) is -0.889. The third-order valence-corrected chi connectivity index (χ3v) is 5.00. The number of carbonyl (C=O) groups is 2. The van der Waals surface area contributed by atoms with Gasteiger partial charge in [-0.2, -0.15) is 13.2 Å². The van der Waals surface area contributed by atoms with Gasteiger partial charge < -0.3 is 10.6 Å². The first-order chi connectivity index (χ1) is 14.5. The number of anilines is 2. The zero-order valence-corrected chi connectivity index (χ0v) is 16.1. The maximum atomic E-state index is 13.8. The minimum absolute atomic E-state index is 0.222. The van der Waals surface area contributed by atoms with E-state index >= 15 is 0 Å². The van der Waals surface area contributed by atoms with Gasteiger partial charge in [0.15, 0.2) is 0 Å². The van der Waals surface area contributed by atoms with Crippen molar-refractivity contribution in [3.05, 3.63) is 58.9 Å². The molecule has 0 aromatic heterocycles. The number of hydrogen-bond donors (Lipinski definition) is 2. The highest BCUT2D eigenvalue weighted by Crippen LogP contribution is 2.34. The molecule has 10 heteroatoms. The fraction of sp³-hybridized carbons (Fsp3) is 0.333. The maximum absolute atomic E-state index is 13.8. The van der Waals surface area contributed by atoms with Gasteiger partial charge in [0.25, 0.3) is 5.91 Å². The summed E-state index contributed by atoms with van der Waals surface area (Å²) in [6, 6.07) is 2.87. The van der Waals surface area contributed by atoms with Crippen LogP contribution in [0.4, 0.5) is 37.7 Å². The standard InChI is InChI=1S/C21H18F6N2O2/c22-13-8-16(23)18(17(24)9-13)20(31)29-15-7-12(21(25,26)27)6-14(10-15)28-19(30)11-4-2-1-3-5-11/h6-11H,1-5H2,(H,28,30)(H,29,31). The SMILES string of the molecule is O=C(Nc1cc(NC(=O)C2CCCCC2)cc(C(F)(F)F)c1)c1c(F)cc(F)cc1F. The number of carbonyl (C=O) groups excluding carboxylic acids is 2. The molecule has 0 bridgehead atoms. The summed E-state index contributed by atoms with van der Waals surface area (Å²) < 4.78 is 80.5. The molecule has 0 spiro atoms. The minimum atomic E-state index is -4.81. The Hall–Kier alpha value is -3.04. The number of benzene rings is 2. The van der Waals surface area contributed by atoms with Crippen LogP contribution in [0.15, 0.2) is 30.3 Å². The van der Waals surface area contributed by atoms with Crippen molar-refractivity contribution in [3.63, 3.8) is 0 Å². The number of nitrogens with one attached hydrogen (secondary N) is 2. The van der Waals surface area contributed by atoms with Crippen molar-refractivity contribution in [2.24, 2.45) is 5.92 Å². The van der Waals surface area contributed by atoms with Crippen LogP contribution in [0, 0.1) is 23.4 Å². The van der Waals surface area contributed by atoms with Crippen LogP contribution >= 0.6 is 0 Å². The number of halogens is 6. The second-order valence-corrected chi connectivity index (χ2v) is 7.32. The summed E-state index contributed by atoms with van der Waals surface area (Å²) in [6.45, 7) is 0. The highest BCUT2D eigenvalue weighted by atomic mass is 19.4. The summed E-state index contributed by atoms with van der Waals surface area (Å²) in [7, 11) is 0. The Balaban J connectivity index is 1.88. The topological polar surface area (TPSA) is 58.2 Å². The van der Waals surface area contributed by atoms with Crippen molar-refractivity contribution in [2.75, 3.05) is 10.6 Å². The summed E-state index contributed by atoms with van der Waals surface area (Å²) >= 11 is 0. The minimum Gasteiger partial charge on any atom is -0.326 e. The zero-order valence-electron chi connectivity index (χ0n) is 16.1. The van der Waals surface area contributed by atoms with E-state index in [-0.39, 0.29) is 23.7 Å². The molecule has 1 aliphatic rings. The third-order valence-electron chi connectivity index (χ3n) is 5.00. The molecule has 0 atom stereocenters. The number of hydrogen-bond acceptors (Lipinski definition) is 2. The van der Waals surface area contributed by atoms with Crippen LogP contribution in [0.25, 0.3) is 0 Å². The molecule has 0 saturated heterocycles. The summed E-state index contributed by atoms with van der Waals surface area (Å²) in [5.74, 6) is -6.44. The molecule has 1 aliphatic carbocycles. The van der Waals surface area contributed by atoms with Crippen molar-refractivity contribution in [1.82, 2.24) is 0 Å². The largest absolute Gasteiger partial charge is 0.416 e. The molecule has 1 saturated carbocycles. The first-order valence-corrected chi connectivity index (χ1v) is 9.53. The van der Waals surface area contributed by atoms with E-state index in [0.717, 1.165) is 25.3 Å². The average Bonchev–Trinajstić information content (AvgIpc) is 2.67. The van der Waals surface area contributed by atoms with Crippen molar-refractivity contribution in [2.45, 2.75) is 38.3 Å². The summed E-state index contributed by atoms with van der Waals surface area (Å²) in [4.78, 5) is 24.6. The van der Waals surface area contributed by atoms with E-state index in [0.29, 0.717) is 25.0 Å². The van der Waals surface area contributed by atoms with Crippen LogP contribution < -0.4 is 10.6 Å². The van der Waals surface area contributed by atoms with Gasteiger partial charge in [0, 0.05) is 29.4 Å². The molecule has 166 valence electrons. The molecule has 1 fully saturated rings. The fourth-order valence-corrected chi connectivity index (χ4v) is 3.50. The molecule has 2 amide bonds. The maximum Gasteiger partial charge on any atom is 0.416 e.